The number of halogens is 3. The minimum absolute atomic E-state index is 0.468. The number of para-hydroxylation sites is 1. The van der Waals surface area contributed by atoms with E-state index in [-0.39, 0.29) is 0 Å². The molecule has 0 aliphatic heterocycles. The van der Waals surface area contributed by atoms with Crippen LogP contribution < -0.4 is 4.74 Å². The maximum absolute atomic E-state index is 6.15. The Bertz CT molecular complexity index is 543. The molecule has 2 aromatic carbocycles. The SMILES string of the molecule is Clc1cc(Br)ccc1COc1ccccc1CBr. The highest BCUT2D eigenvalue weighted by Crippen LogP contribution is 2.25. The molecule has 2 aromatic rings. The molecule has 0 saturated heterocycles. The Labute approximate surface area is 128 Å². The molecule has 0 fully saturated rings. The fraction of sp³-hybridized carbons (Fsp3) is 0.143. The van der Waals surface area contributed by atoms with Crippen molar-refractivity contribution < 1.29 is 4.74 Å². The van der Waals surface area contributed by atoms with Crippen molar-refractivity contribution in [3.63, 3.8) is 0 Å². The van der Waals surface area contributed by atoms with Gasteiger partial charge in [-0.15, -0.1) is 0 Å². The van der Waals surface area contributed by atoms with Gasteiger partial charge in [0.1, 0.15) is 12.4 Å². The first-order valence-electron chi connectivity index (χ1n) is 5.41. The largest absolute Gasteiger partial charge is 0.489 e. The lowest BCUT2D eigenvalue weighted by Crippen LogP contribution is -1.98. The van der Waals surface area contributed by atoms with Crippen LogP contribution in [0.25, 0.3) is 0 Å². The van der Waals surface area contributed by atoms with Crippen molar-refractivity contribution in [2.45, 2.75) is 11.9 Å². The second kappa shape index (κ2) is 6.60. The molecular formula is C14H11Br2ClO. The average molecular weight is 391 g/mol. The fourth-order valence-electron chi connectivity index (χ4n) is 1.55. The lowest BCUT2D eigenvalue weighted by Gasteiger charge is -2.11. The minimum atomic E-state index is 0.468. The van der Waals surface area contributed by atoms with Gasteiger partial charge in [0, 0.05) is 26.0 Å². The summed E-state index contributed by atoms with van der Waals surface area (Å²) in [5.41, 5.74) is 2.11. The van der Waals surface area contributed by atoms with Crippen LogP contribution >= 0.6 is 43.5 Å². The summed E-state index contributed by atoms with van der Waals surface area (Å²) in [5, 5.41) is 1.48. The second-order valence-electron chi connectivity index (χ2n) is 3.77. The van der Waals surface area contributed by atoms with Gasteiger partial charge < -0.3 is 4.74 Å². The third kappa shape index (κ3) is 3.50. The predicted molar refractivity (Wildman–Crippen MR) is 82.6 cm³/mol. The number of rotatable bonds is 4. The lowest BCUT2D eigenvalue weighted by atomic mass is 10.2. The van der Waals surface area contributed by atoms with Gasteiger partial charge in [-0.3, -0.25) is 0 Å². The first kappa shape index (κ1) is 13.9. The molecule has 2 rings (SSSR count). The van der Waals surface area contributed by atoms with E-state index in [1.54, 1.807) is 0 Å². The van der Waals surface area contributed by atoms with Crippen molar-refractivity contribution in [2.75, 3.05) is 0 Å². The molecular weight excluding hydrogens is 379 g/mol. The summed E-state index contributed by atoms with van der Waals surface area (Å²) in [5.74, 6) is 0.883. The van der Waals surface area contributed by atoms with Gasteiger partial charge in [-0.05, 0) is 18.2 Å². The minimum Gasteiger partial charge on any atom is -0.489 e. The van der Waals surface area contributed by atoms with E-state index in [0.717, 1.165) is 26.7 Å². The van der Waals surface area contributed by atoms with Gasteiger partial charge >= 0.3 is 0 Å². The van der Waals surface area contributed by atoms with Crippen LogP contribution in [0, 0.1) is 0 Å². The zero-order valence-electron chi connectivity index (χ0n) is 9.50. The normalized spacial score (nSPS) is 10.4. The molecule has 4 heteroatoms. The highest BCUT2D eigenvalue weighted by atomic mass is 79.9. The molecule has 0 spiro atoms. The van der Waals surface area contributed by atoms with E-state index >= 15 is 0 Å². The lowest BCUT2D eigenvalue weighted by molar-refractivity contribution is 0.304. The van der Waals surface area contributed by atoms with Crippen molar-refractivity contribution in [1.82, 2.24) is 0 Å². The highest BCUT2D eigenvalue weighted by molar-refractivity contribution is 9.10. The van der Waals surface area contributed by atoms with Crippen molar-refractivity contribution in [3.8, 4) is 5.75 Å². The Morgan fingerprint density at radius 1 is 1.06 bits per heavy atom. The second-order valence-corrected chi connectivity index (χ2v) is 5.65. The number of hydrogen-bond acceptors (Lipinski definition) is 1. The highest BCUT2D eigenvalue weighted by Gasteiger charge is 2.05. The summed E-state index contributed by atoms with van der Waals surface area (Å²) < 4.78 is 6.77. The zero-order valence-corrected chi connectivity index (χ0v) is 13.4. The first-order chi connectivity index (χ1) is 8.70. The topological polar surface area (TPSA) is 9.23 Å². The standard InChI is InChI=1S/C14H11Br2ClO/c15-8-10-3-1-2-4-14(10)18-9-11-5-6-12(16)7-13(11)17/h1-7H,8-9H2. The van der Waals surface area contributed by atoms with Crippen LogP contribution in [0.4, 0.5) is 0 Å². The summed E-state index contributed by atoms with van der Waals surface area (Å²) in [6.07, 6.45) is 0. The number of benzene rings is 2. The maximum Gasteiger partial charge on any atom is 0.123 e. The molecule has 18 heavy (non-hydrogen) atoms. The van der Waals surface area contributed by atoms with E-state index in [9.17, 15) is 0 Å². The molecule has 0 aromatic heterocycles. The third-order valence-electron chi connectivity index (χ3n) is 2.51. The van der Waals surface area contributed by atoms with Crippen molar-refractivity contribution in [3.05, 3.63) is 63.1 Å². The quantitative estimate of drug-likeness (QED) is 0.620. The number of hydrogen-bond donors (Lipinski definition) is 0. The zero-order chi connectivity index (χ0) is 13.0. The molecule has 0 N–H and O–H groups in total. The van der Waals surface area contributed by atoms with E-state index in [1.807, 2.05) is 42.5 Å². The van der Waals surface area contributed by atoms with Crippen molar-refractivity contribution in [1.29, 1.82) is 0 Å². The maximum atomic E-state index is 6.15. The van der Waals surface area contributed by atoms with Crippen molar-refractivity contribution >= 4 is 43.5 Å². The Morgan fingerprint density at radius 2 is 1.83 bits per heavy atom. The molecule has 0 aliphatic rings. The van der Waals surface area contributed by atoms with E-state index in [2.05, 4.69) is 31.9 Å². The van der Waals surface area contributed by atoms with Crippen LogP contribution in [0.5, 0.6) is 5.75 Å². The van der Waals surface area contributed by atoms with Crippen LogP contribution in [0.15, 0.2) is 46.9 Å². The fourth-order valence-corrected chi connectivity index (χ4v) is 2.74. The Hall–Kier alpha value is -0.510. The van der Waals surface area contributed by atoms with Crippen LogP contribution in [0.3, 0.4) is 0 Å². The van der Waals surface area contributed by atoms with E-state index in [0.29, 0.717) is 11.6 Å². The van der Waals surface area contributed by atoms with Gasteiger partial charge in [-0.1, -0.05) is 67.7 Å². The molecule has 0 radical (unpaired) electrons. The van der Waals surface area contributed by atoms with E-state index < -0.39 is 0 Å². The molecule has 0 bridgehead atoms. The summed E-state index contributed by atoms with van der Waals surface area (Å²) >= 11 is 13.0. The smallest absolute Gasteiger partial charge is 0.123 e. The predicted octanol–water partition coefficient (Wildman–Crippen LogP) is 5.58. The van der Waals surface area contributed by atoms with Crippen LogP contribution in [0.2, 0.25) is 5.02 Å². The molecule has 0 saturated carbocycles. The van der Waals surface area contributed by atoms with E-state index in [4.69, 9.17) is 16.3 Å². The number of alkyl halides is 1. The van der Waals surface area contributed by atoms with Crippen LogP contribution in [-0.2, 0) is 11.9 Å². The Kier molecular flexibility index (Phi) is 5.10. The van der Waals surface area contributed by atoms with Crippen LogP contribution in [0.1, 0.15) is 11.1 Å². The van der Waals surface area contributed by atoms with Gasteiger partial charge in [0.25, 0.3) is 0 Å². The Morgan fingerprint density at radius 3 is 2.56 bits per heavy atom. The van der Waals surface area contributed by atoms with Gasteiger partial charge in [-0.25, -0.2) is 0 Å². The van der Waals surface area contributed by atoms with Gasteiger partial charge in [0.15, 0.2) is 0 Å². The van der Waals surface area contributed by atoms with Crippen LogP contribution in [-0.4, -0.2) is 0 Å². The monoisotopic (exact) mass is 388 g/mol. The van der Waals surface area contributed by atoms with Gasteiger partial charge in [0.05, 0.1) is 0 Å². The third-order valence-corrected chi connectivity index (χ3v) is 3.96. The summed E-state index contributed by atoms with van der Waals surface area (Å²) in [6, 6.07) is 13.7. The molecule has 0 aliphatic carbocycles. The molecule has 0 atom stereocenters. The van der Waals surface area contributed by atoms with Crippen molar-refractivity contribution in [2.24, 2.45) is 0 Å². The molecule has 0 heterocycles. The Balaban J connectivity index is 2.11. The van der Waals surface area contributed by atoms with Gasteiger partial charge in [-0.2, -0.15) is 0 Å². The average Bonchev–Trinajstić information content (AvgIpc) is 2.38. The molecule has 94 valence electrons. The van der Waals surface area contributed by atoms with Gasteiger partial charge in [0.2, 0.25) is 0 Å². The van der Waals surface area contributed by atoms with E-state index in [1.165, 1.54) is 0 Å². The molecule has 0 amide bonds. The summed E-state index contributed by atoms with van der Waals surface area (Å²) in [4.78, 5) is 0. The number of ether oxygens (including phenoxy) is 1. The molecule has 0 unspecified atom stereocenters. The summed E-state index contributed by atoms with van der Waals surface area (Å²) in [7, 11) is 0. The molecule has 1 nitrogen and oxygen atoms in total. The summed E-state index contributed by atoms with van der Waals surface area (Å²) in [6.45, 7) is 0.468. The first-order valence-corrected chi connectivity index (χ1v) is 7.70.